The van der Waals surface area contributed by atoms with Gasteiger partial charge in [0, 0.05) is 16.7 Å². The van der Waals surface area contributed by atoms with Crippen LogP contribution in [0.25, 0.3) is 16.9 Å². The molecule has 1 heterocycles. The van der Waals surface area contributed by atoms with E-state index in [1.165, 1.54) is 10.2 Å². The van der Waals surface area contributed by atoms with Gasteiger partial charge in [0.2, 0.25) is 0 Å². The van der Waals surface area contributed by atoms with Crippen molar-refractivity contribution in [3.05, 3.63) is 63.1 Å². The smallest absolute Gasteiger partial charge is 0.127 e. The van der Waals surface area contributed by atoms with E-state index >= 15 is 0 Å². The van der Waals surface area contributed by atoms with Crippen molar-refractivity contribution in [2.75, 3.05) is 5.73 Å². The van der Waals surface area contributed by atoms with Gasteiger partial charge in [0.25, 0.3) is 0 Å². The molecule has 6 heteroatoms. The molecule has 0 aliphatic carbocycles. The number of anilines is 1. The molecule has 0 bridgehead atoms. The Morgan fingerprint density at radius 2 is 1.48 bits per heavy atom. The first-order valence-electron chi connectivity index (χ1n) is 7.78. The minimum atomic E-state index is 0.0985. The Morgan fingerprint density at radius 1 is 0.920 bits per heavy atom. The Bertz CT molecular complexity index is 899. The summed E-state index contributed by atoms with van der Waals surface area (Å²) >= 11 is 18.5. The van der Waals surface area contributed by atoms with Gasteiger partial charge >= 0.3 is 0 Å². The van der Waals surface area contributed by atoms with Crippen LogP contribution in [0.4, 0.5) is 5.82 Å². The third kappa shape index (κ3) is 3.64. The van der Waals surface area contributed by atoms with Crippen LogP contribution in [-0.4, -0.2) is 9.78 Å². The summed E-state index contributed by atoms with van der Waals surface area (Å²) in [6.45, 7) is 6.54. The summed E-state index contributed by atoms with van der Waals surface area (Å²) in [6.07, 6.45) is 0. The summed E-state index contributed by atoms with van der Waals surface area (Å²) in [5, 5.41) is 5.82. The Hall–Kier alpha value is -1.68. The van der Waals surface area contributed by atoms with Crippen molar-refractivity contribution in [2.24, 2.45) is 0 Å². The molecule has 0 saturated heterocycles. The van der Waals surface area contributed by atoms with Crippen LogP contribution in [0.3, 0.4) is 0 Å². The monoisotopic (exact) mass is 393 g/mol. The standard InChI is InChI=1S/C19H18Cl3N3/c1-19(2,3)12-6-4-11(5-7-12)16-10-17(23)25(24-16)18-14(21)8-13(20)9-15(18)22/h4-10H,23H2,1-3H3. The van der Waals surface area contributed by atoms with E-state index in [0.717, 1.165) is 11.3 Å². The summed E-state index contributed by atoms with van der Waals surface area (Å²) in [5.74, 6) is 0.445. The van der Waals surface area contributed by atoms with Gasteiger partial charge in [-0.05, 0) is 23.1 Å². The summed E-state index contributed by atoms with van der Waals surface area (Å²) in [5.41, 5.74) is 9.73. The lowest BCUT2D eigenvalue weighted by atomic mass is 9.86. The van der Waals surface area contributed by atoms with Gasteiger partial charge in [-0.25, -0.2) is 4.68 Å². The molecule has 3 rings (SSSR count). The maximum atomic E-state index is 6.28. The van der Waals surface area contributed by atoms with Crippen molar-refractivity contribution in [2.45, 2.75) is 26.2 Å². The molecule has 3 aromatic rings. The minimum absolute atomic E-state index is 0.0985. The molecule has 0 aliphatic rings. The summed E-state index contributed by atoms with van der Waals surface area (Å²) in [7, 11) is 0. The fourth-order valence-corrected chi connectivity index (χ4v) is 3.57. The number of nitrogen functional groups attached to an aromatic ring is 1. The number of hydrogen-bond donors (Lipinski definition) is 1. The molecule has 130 valence electrons. The number of halogens is 3. The Balaban J connectivity index is 2.04. The molecule has 1 aromatic heterocycles. The Kier molecular flexibility index (Phi) is 4.76. The molecule has 0 spiro atoms. The number of nitrogens with two attached hydrogens (primary N) is 1. The highest BCUT2D eigenvalue weighted by Crippen LogP contribution is 2.34. The normalized spacial score (nSPS) is 11.8. The number of nitrogens with zero attached hydrogens (tertiary/aromatic N) is 2. The van der Waals surface area contributed by atoms with E-state index in [1.54, 1.807) is 18.2 Å². The van der Waals surface area contributed by atoms with Crippen LogP contribution < -0.4 is 5.73 Å². The zero-order valence-corrected chi connectivity index (χ0v) is 16.4. The Labute approximate surface area is 162 Å². The van der Waals surface area contributed by atoms with Crippen LogP contribution in [0.2, 0.25) is 15.1 Å². The van der Waals surface area contributed by atoms with Crippen LogP contribution in [-0.2, 0) is 5.41 Å². The number of rotatable bonds is 2. The van der Waals surface area contributed by atoms with Gasteiger partial charge in [-0.2, -0.15) is 5.10 Å². The third-order valence-electron chi connectivity index (χ3n) is 3.98. The zero-order valence-electron chi connectivity index (χ0n) is 14.1. The molecular formula is C19H18Cl3N3. The van der Waals surface area contributed by atoms with Gasteiger partial charge in [0.1, 0.15) is 11.5 Å². The van der Waals surface area contributed by atoms with Crippen molar-refractivity contribution >= 4 is 40.6 Å². The minimum Gasteiger partial charge on any atom is -0.384 e. The van der Waals surface area contributed by atoms with Gasteiger partial charge in [-0.3, -0.25) is 0 Å². The highest BCUT2D eigenvalue weighted by atomic mass is 35.5. The van der Waals surface area contributed by atoms with E-state index < -0.39 is 0 Å². The maximum Gasteiger partial charge on any atom is 0.127 e. The second-order valence-corrected chi connectivity index (χ2v) is 8.16. The highest BCUT2D eigenvalue weighted by molar-refractivity contribution is 6.40. The topological polar surface area (TPSA) is 43.8 Å². The SMILES string of the molecule is CC(C)(C)c1ccc(-c2cc(N)n(-c3c(Cl)cc(Cl)cc3Cl)n2)cc1. The van der Waals surface area contributed by atoms with Crippen molar-refractivity contribution < 1.29 is 0 Å². The summed E-state index contributed by atoms with van der Waals surface area (Å²) < 4.78 is 1.54. The van der Waals surface area contributed by atoms with Gasteiger partial charge < -0.3 is 5.73 Å². The van der Waals surface area contributed by atoms with Gasteiger partial charge in [-0.15, -0.1) is 0 Å². The molecule has 2 N–H and O–H groups in total. The fourth-order valence-electron chi connectivity index (χ4n) is 2.59. The molecule has 0 amide bonds. The van der Waals surface area contributed by atoms with E-state index in [2.05, 4.69) is 38.0 Å². The van der Waals surface area contributed by atoms with Crippen LogP contribution in [0, 0.1) is 0 Å². The lowest BCUT2D eigenvalue weighted by Crippen LogP contribution is -2.10. The molecule has 2 aromatic carbocycles. The van der Waals surface area contributed by atoms with Gasteiger partial charge in [0.15, 0.2) is 0 Å². The second kappa shape index (κ2) is 6.56. The molecular weight excluding hydrogens is 377 g/mol. The van der Waals surface area contributed by atoms with E-state index in [0.29, 0.717) is 26.6 Å². The molecule has 3 nitrogen and oxygen atoms in total. The average molecular weight is 395 g/mol. The van der Waals surface area contributed by atoms with Crippen LogP contribution in [0.1, 0.15) is 26.3 Å². The van der Waals surface area contributed by atoms with Gasteiger partial charge in [-0.1, -0.05) is 79.8 Å². The zero-order chi connectivity index (χ0) is 18.4. The van der Waals surface area contributed by atoms with Crippen molar-refractivity contribution in [1.29, 1.82) is 0 Å². The highest BCUT2D eigenvalue weighted by Gasteiger charge is 2.17. The quantitative estimate of drug-likeness (QED) is 0.548. The molecule has 0 unspecified atom stereocenters. The first kappa shape index (κ1) is 18.1. The largest absolute Gasteiger partial charge is 0.384 e. The van der Waals surface area contributed by atoms with Crippen LogP contribution >= 0.6 is 34.8 Å². The third-order valence-corrected chi connectivity index (χ3v) is 4.77. The molecule has 0 radical (unpaired) electrons. The maximum absolute atomic E-state index is 6.28. The fraction of sp³-hybridized carbons (Fsp3) is 0.211. The van der Waals surface area contributed by atoms with Crippen LogP contribution in [0.5, 0.6) is 0 Å². The first-order valence-corrected chi connectivity index (χ1v) is 8.91. The van der Waals surface area contributed by atoms with Crippen molar-refractivity contribution in [1.82, 2.24) is 9.78 Å². The second-order valence-electron chi connectivity index (χ2n) is 6.91. The van der Waals surface area contributed by atoms with Gasteiger partial charge in [0.05, 0.1) is 15.7 Å². The number of aromatic nitrogens is 2. The molecule has 0 saturated carbocycles. The Morgan fingerprint density at radius 3 is 2.00 bits per heavy atom. The van der Waals surface area contributed by atoms with E-state index in [9.17, 15) is 0 Å². The van der Waals surface area contributed by atoms with Crippen molar-refractivity contribution in [3.63, 3.8) is 0 Å². The molecule has 0 atom stereocenters. The van der Waals surface area contributed by atoms with E-state index in [1.807, 2.05) is 12.1 Å². The summed E-state index contributed by atoms with van der Waals surface area (Å²) in [6, 6.07) is 13.3. The first-order chi connectivity index (χ1) is 11.7. The number of benzene rings is 2. The molecule has 0 fully saturated rings. The van der Waals surface area contributed by atoms with E-state index in [-0.39, 0.29) is 5.41 Å². The lowest BCUT2D eigenvalue weighted by Gasteiger charge is -2.18. The van der Waals surface area contributed by atoms with Crippen LogP contribution in [0.15, 0.2) is 42.5 Å². The summed E-state index contributed by atoms with van der Waals surface area (Å²) in [4.78, 5) is 0. The predicted molar refractivity (Wildman–Crippen MR) is 107 cm³/mol. The molecule has 25 heavy (non-hydrogen) atoms. The lowest BCUT2D eigenvalue weighted by molar-refractivity contribution is 0.590. The number of hydrogen-bond acceptors (Lipinski definition) is 2. The predicted octanol–water partition coefficient (Wildman–Crippen LogP) is 6.38. The van der Waals surface area contributed by atoms with E-state index in [4.69, 9.17) is 40.5 Å². The molecule has 0 aliphatic heterocycles. The van der Waals surface area contributed by atoms with Crippen molar-refractivity contribution in [3.8, 4) is 16.9 Å². The average Bonchev–Trinajstić information content (AvgIpc) is 2.87.